The summed E-state index contributed by atoms with van der Waals surface area (Å²) in [6.07, 6.45) is 6.10. The van der Waals surface area contributed by atoms with Gasteiger partial charge in [-0.15, -0.1) is 0 Å². The number of rotatable bonds is 5. The Labute approximate surface area is 131 Å². The van der Waals surface area contributed by atoms with Crippen LogP contribution in [0.25, 0.3) is 0 Å². The standard InChI is InChI=1S/C17H24N4O/c1-20-8-2-3-15(20)11-18-17-5-4-16(12-19-17)21-9-6-14(13-22)7-10-21/h2-5,8,12,14,22H,6-7,9-11,13H2,1H3,(H,18,19). The van der Waals surface area contributed by atoms with E-state index in [2.05, 4.69) is 31.9 Å². The fourth-order valence-electron chi connectivity index (χ4n) is 2.91. The first-order chi connectivity index (χ1) is 10.8. The quantitative estimate of drug-likeness (QED) is 0.889. The molecule has 118 valence electrons. The number of anilines is 2. The van der Waals surface area contributed by atoms with Crippen molar-refractivity contribution in [3.8, 4) is 0 Å². The van der Waals surface area contributed by atoms with Crippen LogP contribution in [0.4, 0.5) is 11.5 Å². The lowest BCUT2D eigenvalue weighted by Gasteiger charge is -2.32. The van der Waals surface area contributed by atoms with Crippen LogP contribution < -0.4 is 10.2 Å². The Balaban J connectivity index is 1.55. The Morgan fingerprint density at radius 1 is 1.27 bits per heavy atom. The van der Waals surface area contributed by atoms with Crippen molar-refractivity contribution in [3.63, 3.8) is 0 Å². The third kappa shape index (κ3) is 3.42. The van der Waals surface area contributed by atoms with Gasteiger partial charge in [-0.2, -0.15) is 0 Å². The molecule has 0 amide bonds. The highest BCUT2D eigenvalue weighted by atomic mass is 16.3. The molecule has 1 aliphatic rings. The average molecular weight is 300 g/mol. The van der Waals surface area contributed by atoms with Crippen LogP contribution in [0.2, 0.25) is 0 Å². The van der Waals surface area contributed by atoms with E-state index in [1.165, 1.54) is 11.4 Å². The summed E-state index contributed by atoms with van der Waals surface area (Å²) >= 11 is 0. The van der Waals surface area contributed by atoms with Crippen molar-refractivity contribution < 1.29 is 5.11 Å². The molecule has 2 aromatic rings. The van der Waals surface area contributed by atoms with Crippen molar-refractivity contribution >= 4 is 11.5 Å². The molecule has 22 heavy (non-hydrogen) atoms. The molecule has 0 saturated carbocycles. The minimum atomic E-state index is 0.314. The molecule has 0 aromatic carbocycles. The van der Waals surface area contributed by atoms with Crippen LogP contribution in [0.1, 0.15) is 18.5 Å². The van der Waals surface area contributed by atoms with Gasteiger partial charge in [-0.25, -0.2) is 4.98 Å². The number of hydrogen-bond donors (Lipinski definition) is 2. The van der Waals surface area contributed by atoms with Gasteiger partial charge in [0.1, 0.15) is 5.82 Å². The van der Waals surface area contributed by atoms with E-state index in [0.29, 0.717) is 12.5 Å². The monoisotopic (exact) mass is 300 g/mol. The summed E-state index contributed by atoms with van der Waals surface area (Å²) in [6, 6.07) is 8.31. The number of aromatic nitrogens is 2. The Hall–Kier alpha value is -2.01. The van der Waals surface area contributed by atoms with Gasteiger partial charge in [0, 0.05) is 38.6 Å². The van der Waals surface area contributed by atoms with Crippen molar-refractivity contribution in [2.45, 2.75) is 19.4 Å². The van der Waals surface area contributed by atoms with Gasteiger partial charge >= 0.3 is 0 Å². The molecule has 1 fully saturated rings. The molecule has 1 aliphatic heterocycles. The lowest BCUT2D eigenvalue weighted by Crippen LogP contribution is -2.34. The van der Waals surface area contributed by atoms with E-state index in [4.69, 9.17) is 0 Å². The number of nitrogens with one attached hydrogen (secondary N) is 1. The number of piperidine rings is 1. The van der Waals surface area contributed by atoms with Crippen molar-refractivity contribution in [1.29, 1.82) is 0 Å². The topological polar surface area (TPSA) is 53.3 Å². The number of nitrogens with zero attached hydrogens (tertiary/aromatic N) is 3. The Morgan fingerprint density at radius 3 is 2.68 bits per heavy atom. The minimum Gasteiger partial charge on any atom is -0.396 e. The smallest absolute Gasteiger partial charge is 0.126 e. The maximum Gasteiger partial charge on any atom is 0.126 e. The molecule has 0 unspecified atom stereocenters. The summed E-state index contributed by atoms with van der Waals surface area (Å²) in [5.41, 5.74) is 2.40. The molecule has 3 rings (SSSR count). The normalized spacial score (nSPS) is 16.0. The maximum absolute atomic E-state index is 9.20. The molecular weight excluding hydrogens is 276 g/mol. The number of hydrogen-bond acceptors (Lipinski definition) is 4. The first-order valence-electron chi connectivity index (χ1n) is 7.92. The Morgan fingerprint density at radius 2 is 2.09 bits per heavy atom. The van der Waals surface area contributed by atoms with E-state index < -0.39 is 0 Å². The Kier molecular flexibility index (Phi) is 4.63. The van der Waals surface area contributed by atoms with E-state index in [0.717, 1.165) is 38.3 Å². The molecule has 5 nitrogen and oxygen atoms in total. The molecule has 5 heteroatoms. The number of aryl methyl sites for hydroxylation is 1. The molecular formula is C17H24N4O. The lowest BCUT2D eigenvalue weighted by molar-refractivity contribution is 0.203. The number of aliphatic hydroxyl groups is 1. The molecule has 0 aliphatic carbocycles. The average Bonchev–Trinajstić information content (AvgIpc) is 2.99. The van der Waals surface area contributed by atoms with Gasteiger partial charge in [0.05, 0.1) is 18.4 Å². The van der Waals surface area contributed by atoms with Crippen LogP contribution in [-0.4, -0.2) is 34.4 Å². The molecule has 1 saturated heterocycles. The molecule has 0 bridgehead atoms. The van der Waals surface area contributed by atoms with E-state index in [9.17, 15) is 5.11 Å². The second-order valence-corrected chi connectivity index (χ2v) is 5.98. The van der Waals surface area contributed by atoms with E-state index >= 15 is 0 Å². The molecule has 0 atom stereocenters. The van der Waals surface area contributed by atoms with Gasteiger partial charge in [-0.3, -0.25) is 0 Å². The van der Waals surface area contributed by atoms with E-state index in [-0.39, 0.29) is 0 Å². The van der Waals surface area contributed by atoms with E-state index in [1.54, 1.807) is 0 Å². The van der Waals surface area contributed by atoms with Crippen molar-refractivity contribution in [1.82, 2.24) is 9.55 Å². The number of pyridine rings is 1. The summed E-state index contributed by atoms with van der Waals surface area (Å²) in [6.45, 7) is 3.10. The summed E-state index contributed by atoms with van der Waals surface area (Å²) in [5.74, 6) is 1.37. The predicted octanol–water partition coefficient (Wildman–Crippen LogP) is 2.24. The summed E-state index contributed by atoms with van der Waals surface area (Å²) in [7, 11) is 2.05. The van der Waals surface area contributed by atoms with Crippen LogP contribution in [0, 0.1) is 5.92 Å². The molecule has 2 aromatic heterocycles. The third-order valence-electron chi connectivity index (χ3n) is 4.49. The highest BCUT2D eigenvalue weighted by Crippen LogP contribution is 2.23. The zero-order valence-electron chi connectivity index (χ0n) is 13.1. The summed E-state index contributed by atoms with van der Waals surface area (Å²) in [4.78, 5) is 6.86. The Bertz CT molecular complexity index is 585. The highest BCUT2D eigenvalue weighted by molar-refractivity contribution is 5.49. The van der Waals surface area contributed by atoms with Crippen LogP contribution in [-0.2, 0) is 13.6 Å². The maximum atomic E-state index is 9.20. The predicted molar refractivity (Wildman–Crippen MR) is 89.0 cm³/mol. The van der Waals surface area contributed by atoms with Gasteiger partial charge in [0.15, 0.2) is 0 Å². The fourth-order valence-corrected chi connectivity index (χ4v) is 2.91. The zero-order chi connectivity index (χ0) is 15.4. The summed E-state index contributed by atoms with van der Waals surface area (Å²) in [5, 5.41) is 12.6. The van der Waals surface area contributed by atoms with Crippen molar-refractivity contribution in [2.75, 3.05) is 29.9 Å². The van der Waals surface area contributed by atoms with Crippen LogP contribution in [0.15, 0.2) is 36.7 Å². The van der Waals surface area contributed by atoms with E-state index in [1.807, 2.05) is 31.6 Å². The second kappa shape index (κ2) is 6.83. The fraction of sp³-hybridized carbons (Fsp3) is 0.471. The highest BCUT2D eigenvalue weighted by Gasteiger charge is 2.18. The molecule has 0 radical (unpaired) electrons. The minimum absolute atomic E-state index is 0.314. The molecule has 3 heterocycles. The molecule has 2 N–H and O–H groups in total. The first kappa shape index (κ1) is 14.9. The van der Waals surface area contributed by atoms with Crippen LogP contribution in [0.5, 0.6) is 0 Å². The van der Waals surface area contributed by atoms with Gasteiger partial charge in [-0.1, -0.05) is 0 Å². The first-order valence-corrected chi connectivity index (χ1v) is 7.92. The number of aliphatic hydroxyl groups excluding tert-OH is 1. The lowest BCUT2D eigenvalue weighted by atomic mass is 9.98. The van der Waals surface area contributed by atoms with Gasteiger partial charge in [0.2, 0.25) is 0 Å². The third-order valence-corrected chi connectivity index (χ3v) is 4.49. The van der Waals surface area contributed by atoms with Crippen molar-refractivity contribution in [2.24, 2.45) is 13.0 Å². The van der Waals surface area contributed by atoms with Crippen LogP contribution >= 0.6 is 0 Å². The van der Waals surface area contributed by atoms with Crippen LogP contribution in [0.3, 0.4) is 0 Å². The second-order valence-electron chi connectivity index (χ2n) is 5.98. The SMILES string of the molecule is Cn1cccc1CNc1ccc(N2CCC(CO)CC2)cn1. The zero-order valence-corrected chi connectivity index (χ0v) is 13.1. The molecule has 0 spiro atoms. The van der Waals surface area contributed by atoms with Gasteiger partial charge in [-0.05, 0) is 43.0 Å². The van der Waals surface area contributed by atoms with Gasteiger partial charge in [0.25, 0.3) is 0 Å². The van der Waals surface area contributed by atoms with Gasteiger partial charge < -0.3 is 19.9 Å². The van der Waals surface area contributed by atoms with Crippen molar-refractivity contribution in [3.05, 3.63) is 42.4 Å². The largest absolute Gasteiger partial charge is 0.396 e. The summed E-state index contributed by atoms with van der Waals surface area (Å²) < 4.78 is 2.10.